The number of likely N-dealkylation sites (tertiary alicyclic amines) is 1. The molecule has 1 atom stereocenters. The summed E-state index contributed by atoms with van der Waals surface area (Å²) in [6.07, 6.45) is 3.25. The third kappa shape index (κ3) is 4.38. The zero-order valence-corrected chi connectivity index (χ0v) is 15.8. The van der Waals surface area contributed by atoms with Gasteiger partial charge in [-0.3, -0.25) is 9.59 Å². The van der Waals surface area contributed by atoms with Gasteiger partial charge < -0.3 is 14.7 Å². The van der Waals surface area contributed by atoms with Crippen molar-refractivity contribution in [1.82, 2.24) is 4.90 Å². The second-order valence-electron chi connectivity index (χ2n) is 8.27. The lowest BCUT2D eigenvalue weighted by molar-refractivity contribution is -0.141. The molecule has 1 aromatic rings. The van der Waals surface area contributed by atoms with Crippen LogP contribution in [0.2, 0.25) is 0 Å². The van der Waals surface area contributed by atoms with E-state index >= 15 is 0 Å². The molecule has 146 valence electrons. The van der Waals surface area contributed by atoms with Crippen molar-refractivity contribution in [2.24, 2.45) is 5.41 Å². The van der Waals surface area contributed by atoms with E-state index in [9.17, 15) is 19.1 Å². The number of aliphatic hydroxyl groups is 1. The normalized spacial score (nSPS) is 25.0. The van der Waals surface area contributed by atoms with E-state index in [1.807, 2.05) is 0 Å². The average Bonchev–Trinajstić information content (AvgIpc) is 2.61. The summed E-state index contributed by atoms with van der Waals surface area (Å²) >= 11 is 0. The maximum Gasteiger partial charge on any atom is 0.289 e. The first-order chi connectivity index (χ1) is 12.7. The van der Waals surface area contributed by atoms with Crippen LogP contribution in [-0.2, 0) is 20.7 Å². The fourth-order valence-corrected chi connectivity index (χ4v) is 4.00. The Hall–Kier alpha value is -2.21. The predicted molar refractivity (Wildman–Crippen MR) is 98.3 cm³/mol. The molecular weight excluding hydrogens is 349 g/mol. The highest BCUT2D eigenvalue weighted by Crippen LogP contribution is 2.35. The molecule has 6 heteroatoms. The number of nitrogens with zero attached hydrogens (tertiary/aromatic N) is 1. The topological polar surface area (TPSA) is 66.8 Å². The summed E-state index contributed by atoms with van der Waals surface area (Å²) in [6, 6.07) is 6.51. The smallest absolute Gasteiger partial charge is 0.289 e. The quantitative estimate of drug-likeness (QED) is 0.879. The maximum absolute atomic E-state index is 14.1. The van der Waals surface area contributed by atoms with Crippen LogP contribution >= 0.6 is 0 Å². The fraction of sp³-hybridized carbons (Fsp3) is 0.524. The van der Waals surface area contributed by atoms with Gasteiger partial charge in [0, 0.05) is 31.0 Å². The summed E-state index contributed by atoms with van der Waals surface area (Å²) < 4.78 is 19.8. The van der Waals surface area contributed by atoms with E-state index in [-0.39, 0.29) is 36.3 Å². The van der Waals surface area contributed by atoms with Gasteiger partial charge in [0.05, 0.1) is 6.61 Å². The van der Waals surface area contributed by atoms with Gasteiger partial charge in [0.1, 0.15) is 11.4 Å². The Bertz CT molecular complexity index is 773. The van der Waals surface area contributed by atoms with E-state index < -0.39 is 11.0 Å². The monoisotopic (exact) mass is 375 g/mol. The van der Waals surface area contributed by atoms with Crippen LogP contribution in [-0.4, -0.2) is 47.0 Å². The molecule has 1 saturated heterocycles. The highest BCUT2D eigenvalue weighted by Gasteiger charge is 2.40. The summed E-state index contributed by atoms with van der Waals surface area (Å²) in [7, 11) is 0. The van der Waals surface area contributed by atoms with Crippen molar-refractivity contribution < 1.29 is 23.8 Å². The third-order valence-electron chi connectivity index (χ3n) is 5.30. The number of carbonyl (C=O) groups is 2. The summed E-state index contributed by atoms with van der Waals surface area (Å²) in [5.74, 6) is -0.733. The lowest BCUT2D eigenvalue weighted by Crippen LogP contribution is -2.50. The van der Waals surface area contributed by atoms with Crippen LogP contribution in [0, 0.1) is 11.2 Å². The number of benzene rings is 1. The Morgan fingerprint density at radius 1 is 1.33 bits per heavy atom. The maximum atomic E-state index is 14.1. The van der Waals surface area contributed by atoms with Crippen molar-refractivity contribution in [3.8, 4) is 0 Å². The number of hydrogen-bond donors (Lipinski definition) is 1. The van der Waals surface area contributed by atoms with Crippen LogP contribution in [0.15, 0.2) is 36.1 Å². The van der Waals surface area contributed by atoms with E-state index in [0.29, 0.717) is 37.9 Å². The second-order valence-corrected chi connectivity index (χ2v) is 8.27. The van der Waals surface area contributed by atoms with Crippen LogP contribution in [0.4, 0.5) is 4.39 Å². The van der Waals surface area contributed by atoms with Crippen molar-refractivity contribution >= 4 is 11.7 Å². The highest BCUT2D eigenvalue weighted by molar-refractivity contribution is 6.01. The lowest BCUT2D eigenvalue weighted by atomic mass is 9.75. The molecule has 0 aromatic heterocycles. The van der Waals surface area contributed by atoms with Crippen LogP contribution in [0.1, 0.15) is 38.7 Å². The van der Waals surface area contributed by atoms with Gasteiger partial charge in [-0.15, -0.1) is 0 Å². The fourth-order valence-electron chi connectivity index (χ4n) is 4.00. The average molecular weight is 375 g/mol. The minimum Gasteiger partial charge on any atom is -0.481 e. The Balaban J connectivity index is 1.79. The molecule has 0 spiro atoms. The van der Waals surface area contributed by atoms with Crippen molar-refractivity contribution in [2.45, 2.75) is 45.1 Å². The summed E-state index contributed by atoms with van der Waals surface area (Å²) in [5.41, 5.74) is -0.788. The molecular formula is C21H26FNO4. The standard InChI is InChI=1S/C21H26FNO4/c1-20(2)12-16(25)10-18(27-20)19(26)23-9-5-8-21(13-23,14-24)11-15-6-3-4-7-17(15)22/h3-4,6-7,10,24H,5,8-9,11-14H2,1-2H3/t21-/m0/s1. The Kier molecular flexibility index (Phi) is 5.38. The summed E-state index contributed by atoms with van der Waals surface area (Å²) in [5, 5.41) is 10.1. The third-order valence-corrected chi connectivity index (χ3v) is 5.30. The molecule has 27 heavy (non-hydrogen) atoms. The van der Waals surface area contributed by atoms with Crippen LogP contribution in [0.3, 0.4) is 0 Å². The molecule has 3 rings (SSSR count). The van der Waals surface area contributed by atoms with Crippen molar-refractivity contribution in [1.29, 1.82) is 0 Å². The summed E-state index contributed by atoms with van der Waals surface area (Å²) in [6.45, 7) is 4.23. The molecule has 1 aromatic carbocycles. The number of piperidine rings is 1. The second kappa shape index (κ2) is 7.43. The molecule has 0 radical (unpaired) electrons. The summed E-state index contributed by atoms with van der Waals surface area (Å²) in [4.78, 5) is 26.5. The number of halogens is 1. The predicted octanol–water partition coefficient (Wildman–Crippen LogP) is 2.62. The highest BCUT2D eigenvalue weighted by atomic mass is 19.1. The van der Waals surface area contributed by atoms with Gasteiger partial charge in [-0.05, 0) is 44.7 Å². The van der Waals surface area contributed by atoms with Crippen molar-refractivity contribution in [3.05, 3.63) is 47.5 Å². The van der Waals surface area contributed by atoms with E-state index in [4.69, 9.17) is 4.74 Å². The Morgan fingerprint density at radius 3 is 2.74 bits per heavy atom. The zero-order valence-electron chi connectivity index (χ0n) is 15.8. The molecule has 2 aliphatic rings. The molecule has 1 fully saturated rings. The van der Waals surface area contributed by atoms with E-state index in [1.165, 1.54) is 12.1 Å². The van der Waals surface area contributed by atoms with Gasteiger partial charge in [-0.1, -0.05) is 18.2 Å². The van der Waals surface area contributed by atoms with Crippen LogP contribution in [0.25, 0.3) is 0 Å². The molecule has 5 nitrogen and oxygen atoms in total. The lowest BCUT2D eigenvalue weighted by Gasteiger charge is -2.43. The molecule has 0 unspecified atom stereocenters. The van der Waals surface area contributed by atoms with Crippen LogP contribution < -0.4 is 0 Å². The first kappa shape index (κ1) is 19.5. The van der Waals surface area contributed by atoms with Gasteiger partial charge in [0.2, 0.25) is 0 Å². The Morgan fingerprint density at radius 2 is 2.07 bits per heavy atom. The van der Waals surface area contributed by atoms with Crippen LogP contribution in [0.5, 0.6) is 0 Å². The first-order valence-corrected chi connectivity index (χ1v) is 9.31. The van der Waals surface area contributed by atoms with Gasteiger partial charge in [0.15, 0.2) is 11.5 Å². The minimum atomic E-state index is -0.714. The van der Waals surface area contributed by atoms with E-state index in [2.05, 4.69) is 0 Å². The SMILES string of the molecule is CC1(C)CC(=O)C=C(C(=O)N2CCC[C@](CO)(Cc3ccccc3F)C2)O1. The number of rotatable bonds is 4. The number of hydrogen-bond acceptors (Lipinski definition) is 4. The van der Waals surface area contributed by atoms with Gasteiger partial charge in [0.25, 0.3) is 5.91 Å². The largest absolute Gasteiger partial charge is 0.481 e. The number of allylic oxidation sites excluding steroid dienone is 1. The molecule has 0 bridgehead atoms. The number of ketones is 1. The van der Waals surface area contributed by atoms with Gasteiger partial charge >= 0.3 is 0 Å². The zero-order chi connectivity index (χ0) is 19.7. The molecule has 0 saturated carbocycles. The molecule has 1 N–H and O–H groups in total. The number of carbonyl (C=O) groups excluding carboxylic acids is 2. The van der Waals surface area contributed by atoms with E-state index in [1.54, 1.807) is 36.9 Å². The Labute approximate surface area is 158 Å². The number of amides is 1. The molecule has 2 aliphatic heterocycles. The minimum absolute atomic E-state index is 0.0517. The first-order valence-electron chi connectivity index (χ1n) is 9.31. The molecule has 2 heterocycles. The number of ether oxygens (including phenoxy) is 1. The molecule has 0 aliphatic carbocycles. The van der Waals surface area contributed by atoms with Gasteiger partial charge in [-0.2, -0.15) is 0 Å². The van der Waals surface area contributed by atoms with Crippen molar-refractivity contribution in [2.75, 3.05) is 19.7 Å². The number of aliphatic hydroxyl groups excluding tert-OH is 1. The van der Waals surface area contributed by atoms with Crippen molar-refractivity contribution in [3.63, 3.8) is 0 Å². The molecule has 1 amide bonds. The van der Waals surface area contributed by atoms with E-state index in [0.717, 1.165) is 0 Å². The van der Waals surface area contributed by atoms with Gasteiger partial charge in [-0.25, -0.2) is 4.39 Å².